The van der Waals surface area contributed by atoms with E-state index in [0.29, 0.717) is 0 Å². The summed E-state index contributed by atoms with van der Waals surface area (Å²) in [6, 6.07) is 0. The third-order valence-corrected chi connectivity index (χ3v) is 3.97. The molecule has 0 saturated heterocycles. The Hall–Kier alpha value is -0.220. The second-order valence-electron chi connectivity index (χ2n) is 1.81. The molecular weight excluding hydrogens is 215 g/mol. The molecule has 0 aromatic carbocycles. The van der Waals surface area contributed by atoms with E-state index in [9.17, 15) is 17.0 Å². The standard InChI is InChI=1S/C3H5FO6S2/c4-3-11(5,6)9-1-2-10-12(3,7)8/h1-2H2,(H,5,6). The molecule has 1 N–H and O–H groups in total. The van der Waals surface area contributed by atoms with Crippen LogP contribution < -0.4 is 0 Å². The van der Waals surface area contributed by atoms with Crippen LogP contribution in [0.25, 0.3) is 0 Å². The maximum absolute atomic E-state index is 12.6. The molecule has 0 aromatic heterocycles. The van der Waals surface area contributed by atoms with E-state index >= 15 is 0 Å². The molecule has 1 unspecified atom stereocenters. The van der Waals surface area contributed by atoms with E-state index in [1.807, 2.05) is 0 Å². The van der Waals surface area contributed by atoms with Gasteiger partial charge in [0.1, 0.15) is 0 Å². The van der Waals surface area contributed by atoms with Crippen LogP contribution in [0.15, 0.2) is 0 Å². The Labute approximate surface area is 68.4 Å². The van der Waals surface area contributed by atoms with Crippen LogP contribution in [0.5, 0.6) is 0 Å². The molecule has 0 fully saturated rings. The van der Waals surface area contributed by atoms with E-state index in [1.54, 1.807) is 0 Å². The van der Waals surface area contributed by atoms with Crippen molar-refractivity contribution in [1.29, 1.82) is 0 Å². The highest BCUT2D eigenvalue weighted by atomic mass is 32.3. The fourth-order valence-electron chi connectivity index (χ4n) is 0.512. The summed E-state index contributed by atoms with van der Waals surface area (Å²) in [5.41, 5.74) is 0. The van der Waals surface area contributed by atoms with Crippen LogP contribution in [0.1, 0.15) is 0 Å². The van der Waals surface area contributed by atoms with Gasteiger partial charge in [-0.2, -0.15) is 12.8 Å². The van der Waals surface area contributed by atoms with Gasteiger partial charge in [-0.05, 0) is 0 Å². The van der Waals surface area contributed by atoms with Crippen molar-refractivity contribution in [3.63, 3.8) is 0 Å². The second-order valence-corrected chi connectivity index (χ2v) is 5.12. The second kappa shape index (κ2) is 2.92. The first-order valence-corrected chi connectivity index (χ1v) is 5.54. The maximum Gasteiger partial charge on any atom is 0.343 e. The lowest BCUT2D eigenvalue weighted by Gasteiger charge is -1.98. The summed E-state index contributed by atoms with van der Waals surface area (Å²) >= 11 is 0. The van der Waals surface area contributed by atoms with E-state index < -0.39 is 37.9 Å². The summed E-state index contributed by atoms with van der Waals surface area (Å²) in [7, 11) is -9.22. The zero-order valence-electron chi connectivity index (χ0n) is 5.60. The summed E-state index contributed by atoms with van der Waals surface area (Å²) in [5, 5.41) is 0. The van der Waals surface area contributed by atoms with Crippen LogP contribution >= 0.6 is 0 Å². The molecule has 0 saturated carbocycles. The average molecular weight is 220 g/mol. The Morgan fingerprint density at radius 2 is 1.75 bits per heavy atom. The predicted molar refractivity (Wildman–Crippen MR) is 37.7 cm³/mol. The summed E-state index contributed by atoms with van der Waals surface area (Å²) in [5.74, 6) is 0. The van der Waals surface area contributed by atoms with Gasteiger partial charge in [0.05, 0.1) is 13.2 Å². The first-order valence-electron chi connectivity index (χ1n) is 2.69. The quantitative estimate of drug-likeness (QED) is 0.323. The average Bonchev–Trinajstić information content (AvgIpc) is 2.02. The molecule has 1 rings (SSSR count). The smallest absolute Gasteiger partial charge is 0.291 e. The Kier molecular flexibility index (Phi) is 2.40. The van der Waals surface area contributed by atoms with Gasteiger partial charge in [-0.25, -0.2) is 4.21 Å². The molecule has 72 valence electrons. The van der Waals surface area contributed by atoms with Gasteiger partial charge < -0.3 is 0 Å². The summed E-state index contributed by atoms with van der Waals surface area (Å²) in [6.45, 7) is -0.935. The number of halogens is 1. The minimum Gasteiger partial charge on any atom is -0.291 e. The SMILES string of the molecule is O=S1(=O)OCCOS(=O)(O)=C1F. The van der Waals surface area contributed by atoms with Crippen LogP contribution in [-0.2, 0) is 28.6 Å². The van der Waals surface area contributed by atoms with Crippen molar-refractivity contribution in [3.05, 3.63) is 0 Å². The molecule has 12 heavy (non-hydrogen) atoms. The summed E-state index contributed by atoms with van der Waals surface area (Å²) < 4.78 is 58.7. The molecule has 0 radical (unpaired) electrons. The Bertz CT molecular complexity index is 387. The predicted octanol–water partition coefficient (Wildman–Crippen LogP) is -0.908. The van der Waals surface area contributed by atoms with Gasteiger partial charge in [-0.3, -0.25) is 12.9 Å². The highest BCUT2D eigenvalue weighted by Gasteiger charge is 2.31. The first kappa shape index (κ1) is 9.86. The third kappa shape index (κ3) is 1.75. The van der Waals surface area contributed by atoms with E-state index in [4.69, 9.17) is 4.55 Å². The number of hydrogen-bond donors (Lipinski definition) is 1. The number of hydrogen-bond acceptors (Lipinski definition) is 5. The monoisotopic (exact) mass is 220 g/mol. The maximum atomic E-state index is 12.6. The lowest BCUT2D eigenvalue weighted by Crippen LogP contribution is -2.19. The Morgan fingerprint density at radius 3 is 2.33 bits per heavy atom. The van der Waals surface area contributed by atoms with Crippen molar-refractivity contribution >= 4 is 24.7 Å². The molecule has 0 amide bonds. The molecular formula is C3H5FO6S2. The van der Waals surface area contributed by atoms with E-state index in [0.717, 1.165) is 0 Å². The molecule has 0 aliphatic carbocycles. The Morgan fingerprint density at radius 1 is 1.25 bits per heavy atom. The van der Waals surface area contributed by atoms with Crippen molar-refractivity contribution in [2.75, 3.05) is 13.2 Å². The van der Waals surface area contributed by atoms with Crippen LogP contribution in [0.2, 0.25) is 0 Å². The van der Waals surface area contributed by atoms with Crippen molar-refractivity contribution < 1.29 is 29.9 Å². The number of rotatable bonds is 0. The molecule has 1 aliphatic rings. The highest BCUT2D eigenvalue weighted by Crippen LogP contribution is 2.09. The van der Waals surface area contributed by atoms with Crippen LogP contribution in [0.3, 0.4) is 0 Å². The normalized spacial score (nSPS) is 36.0. The van der Waals surface area contributed by atoms with Gasteiger partial charge in [-0.1, -0.05) is 0 Å². The molecule has 6 nitrogen and oxygen atoms in total. The van der Waals surface area contributed by atoms with Crippen LogP contribution in [0.4, 0.5) is 4.39 Å². The largest absolute Gasteiger partial charge is 0.343 e. The zero-order valence-corrected chi connectivity index (χ0v) is 7.23. The molecule has 1 heterocycles. The third-order valence-electron chi connectivity index (χ3n) is 0.964. The van der Waals surface area contributed by atoms with Crippen molar-refractivity contribution in [1.82, 2.24) is 0 Å². The highest BCUT2D eigenvalue weighted by molar-refractivity contribution is 8.17. The summed E-state index contributed by atoms with van der Waals surface area (Å²) in [6.07, 6.45) is 0. The fourth-order valence-corrected chi connectivity index (χ4v) is 2.60. The molecule has 0 spiro atoms. The fraction of sp³-hybridized carbons (Fsp3) is 0.667. The van der Waals surface area contributed by atoms with Crippen LogP contribution in [-0.4, -0.2) is 34.8 Å². The van der Waals surface area contributed by atoms with Gasteiger partial charge in [0, 0.05) is 0 Å². The zero-order chi connectivity index (χ0) is 9.41. The van der Waals surface area contributed by atoms with Crippen molar-refractivity contribution in [3.8, 4) is 0 Å². The van der Waals surface area contributed by atoms with Gasteiger partial charge >= 0.3 is 14.6 Å². The molecule has 9 heteroatoms. The first-order chi connectivity index (χ1) is 5.36. The van der Waals surface area contributed by atoms with Gasteiger partial charge in [0.2, 0.25) is 0 Å². The minimum atomic E-state index is -4.71. The van der Waals surface area contributed by atoms with Gasteiger partial charge in [0.25, 0.3) is 10.1 Å². The lowest BCUT2D eigenvalue weighted by atomic mass is 10.8. The van der Waals surface area contributed by atoms with Gasteiger partial charge in [-0.15, -0.1) is 0 Å². The topological polar surface area (TPSA) is 89.9 Å². The molecule has 0 aromatic rings. The lowest BCUT2D eigenvalue weighted by molar-refractivity contribution is 0.226. The summed E-state index contributed by atoms with van der Waals surface area (Å²) in [4.78, 5) is 0. The molecule has 1 atom stereocenters. The van der Waals surface area contributed by atoms with Crippen LogP contribution in [0, 0.1) is 0 Å². The Balaban J connectivity index is 3.38. The van der Waals surface area contributed by atoms with Gasteiger partial charge in [0.15, 0.2) is 0 Å². The molecule has 1 aliphatic heterocycles. The molecule has 0 bridgehead atoms. The van der Waals surface area contributed by atoms with E-state index in [1.165, 1.54) is 0 Å². The van der Waals surface area contributed by atoms with Crippen molar-refractivity contribution in [2.24, 2.45) is 0 Å². The van der Waals surface area contributed by atoms with E-state index in [-0.39, 0.29) is 0 Å². The minimum absolute atomic E-state index is 0.456. The van der Waals surface area contributed by atoms with Crippen molar-refractivity contribution in [2.45, 2.75) is 0 Å². The van der Waals surface area contributed by atoms with E-state index in [2.05, 4.69) is 8.37 Å².